The molecule has 1 atom stereocenters. The van der Waals surface area contributed by atoms with E-state index in [1.165, 1.54) is 35.2 Å². The minimum Gasteiger partial charge on any atom is -0.352 e. The maximum Gasteiger partial charge on any atom is 0.264 e. The number of nitrogens with one attached hydrogen (secondary N) is 1. The van der Waals surface area contributed by atoms with Crippen molar-refractivity contribution in [3.05, 3.63) is 94.0 Å². The van der Waals surface area contributed by atoms with Gasteiger partial charge in [-0.1, -0.05) is 71.2 Å². The topological polar surface area (TPSA) is 86.8 Å². The minimum atomic E-state index is -4.20. The molecule has 0 spiro atoms. The fraction of sp³-hybridized carbons (Fsp3) is 0.286. The molecule has 0 aromatic heterocycles. The van der Waals surface area contributed by atoms with Crippen LogP contribution in [0.5, 0.6) is 0 Å². The Hall–Kier alpha value is -3.07. The average molecular weight is 577 g/mol. The molecule has 0 aliphatic heterocycles. The third-order valence-corrected chi connectivity index (χ3v) is 8.04. The number of hydrogen-bond acceptors (Lipinski definition) is 4. The van der Waals surface area contributed by atoms with Crippen molar-refractivity contribution in [2.24, 2.45) is 0 Å². The van der Waals surface area contributed by atoms with Gasteiger partial charge in [0.25, 0.3) is 10.0 Å². The summed E-state index contributed by atoms with van der Waals surface area (Å²) in [6, 6.07) is 18.9. The second-order valence-corrected chi connectivity index (χ2v) is 12.0. The molecule has 0 bridgehead atoms. The normalized spacial score (nSPS) is 12.2. The van der Waals surface area contributed by atoms with E-state index in [4.69, 9.17) is 23.2 Å². The van der Waals surface area contributed by atoms with Crippen LogP contribution < -0.4 is 9.62 Å². The molecule has 0 saturated carbocycles. The molecule has 0 radical (unpaired) electrons. The highest BCUT2D eigenvalue weighted by atomic mass is 35.5. The summed E-state index contributed by atoms with van der Waals surface area (Å²) in [5.74, 6) is -0.907. The van der Waals surface area contributed by atoms with Crippen LogP contribution in [0.15, 0.2) is 77.7 Å². The summed E-state index contributed by atoms with van der Waals surface area (Å²) in [4.78, 5) is 28.1. The van der Waals surface area contributed by atoms with Crippen LogP contribution in [0.1, 0.15) is 31.9 Å². The summed E-state index contributed by atoms with van der Waals surface area (Å²) < 4.78 is 28.6. The first kappa shape index (κ1) is 29.5. The Kier molecular flexibility index (Phi) is 9.82. The van der Waals surface area contributed by atoms with Gasteiger partial charge in [0, 0.05) is 22.6 Å². The Morgan fingerprint density at radius 2 is 1.47 bits per heavy atom. The van der Waals surface area contributed by atoms with Gasteiger partial charge in [0.05, 0.1) is 10.6 Å². The van der Waals surface area contributed by atoms with E-state index in [2.05, 4.69) is 5.32 Å². The Morgan fingerprint density at radius 3 is 2.03 bits per heavy atom. The van der Waals surface area contributed by atoms with Gasteiger partial charge >= 0.3 is 0 Å². The number of nitrogens with zero attached hydrogens (tertiary/aromatic N) is 2. The van der Waals surface area contributed by atoms with Crippen molar-refractivity contribution < 1.29 is 18.0 Å². The van der Waals surface area contributed by atoms with E-state index >= 15 is 0 Å². The first-order chi connectivity index (χ1) is 17.9. The molecule has 38 heavy (non-hydrogen) atoms. The van der Waals surface area contributed by atoms with Crippen LogP contribution in [-0.4, -0.2) is 43.8 Å². The minimum absolute atomic E-state index is 0.00667. The molecule has 202 valence electrons. The quantitative estimate of drug-likeness (QED) is 0.348. The Labute approximate surface area is 234 Å². The fourth-order valence-electron chi connectivity index (χ4n) is 3.82. The Bertz CT molecular complexity index is 1360. The maximum atomic E-state index is 13.8. The fourth-order valence-corrected chi connectivity index (χ4v) is 5.73. The van der Waals surface area contributed by atoms with Crippen LogP contribution in [-0.2, 0) is 26.2 Å². The number of amides is 2. The molecule has 3 aromatic carbocycles. The highest BCUT2D eigenvalue weighted by molar-refractivity contribution is 7.92. The second-order valence-electron chi connectivity index (χ2n) is 9.30. The van der Waals surface area contributed by atoms with E-state index in [1.54, 1.807) is 19.1 Å². The zero-order valence-corrected chi connectivity index (χ0v) is 24.0. The van der Waals surface area contributed by atoms with Crippen LogP contribution >= 0.6 is 23.2 Å². The van der Waals surface area contributed by atoms with Gasteiger partial charge in [0.1, 0.15) is 12.6 Å². The summed E-state index contributed by atoms with van der Waals surface area (Å²) >= 11 is 12.4. The summed E-state index contributed by atoms with van der Waals surface area (Å²) in [7, 11) is -4.20. The lowest BCUT2D eigenvalue weighted by atomic mass is 10.1. The first-order valence-electron chi connectivity index (χ1n) is 12.1. The summed E-state index contributed by atoms with van der Waals surface area (Å²) in [5.41, 5.74) is 1.82. The lowest BCUT2D eigenvalue weighted by Gasteiger charge is -2.32. The van der Waals surface area contributed by atoms with Gasteiger partial charge in [-0.25, -0.2) is 8.42 Å². The van der Waals surface area contributed by atoms with Gasteiger partial charge in [-0.3, -0.25) is 13.9 Å². The van der Waals surface area contributed by atoms with Gasteiger partial charge < -0.3 is 10.2 Å². The van der Waals surface area contributed by atoms with E-state index in [0.717, 1.165) is 15.4 Å². The van der Waals surface area contributed by atoms with Gasteiger partial charge in [-0.05, 0) is 63.6 Å². The number of halogens is 2. The van der Waals surface area contributed by atoms with Crippen LogP contribution in [0.2, 0.25) is 10.0 Å². The predicted octanol–water partition coefficient (Wildman–Crippen LogP) is 5.44. The molecular weight excluding hydrogens is 545 g/mol. The Balaban J connectivity index is 2.05. The van der Waals surface area contributed by atoms with Gasteiger partial charge in [0.15, 0.2) is 0 Å². The smallest absolute Gasteiger partial charge is 0.264 e. The number of aryl methyl sites for hydroxylation is 1. The summed E-state index contributed by atoms with van der Waals surface area (Å²) in [6.07, 6.45) is 0. The van der Waals surface area contributed by atoms with Crippen LogP contribution in [0, 0.1) is 6.92 Å². The standard InChI is InChI=1S/C28H31Cl2N3O4S/c1-19(2)31-28(35)21(4)32(17-22-8-6-5-7-9-22)27(34)18-33(25-15-23(29)14-24(30)16-25)38(36,37)26-12-10-20(3)11-13-26/h5-16,19,21H,17-18H2,1-4H3,(H,31,35)/t21-/m1/s1. The van der Waals surface area contributed by atoms with Gasteiger partial charge in [-0.15, -0.1) is 0 Å². The first-order valence-corrected chi connectivity index (χ1v) is 14.3. The molecular formula is C28H31Cl2N3O4S. The SMILES string of the molecule is Cc1ccc(S(=O)(=O)N(CC(=O)N(Cc2ccccc2)[C@H](C)C(=O)NC(C)C)c2cc(Cl)cc(Cl)c2)cc1. The molecule has 0 saturated heterocycles. The third kappa shape index (κ3) is 7.49. The molecule has 0 aliphatic rings. The molecule has 10 heteroatoms. The molecule has 0 fully saturated rings. The van der Waals surface area contributed by atoms with E-state index in [1.807, 2.05) is 51.1 Å². The molecule has 1 N–H and O–H groups in total. The average Bonchev–Trinajstić information content (AvgIpc) is 2.85. The lowest BCUT2D eigenvalue weighted by molar-refractivity contribution is -0.139. The van der Waals surface area contributed by atoms with Gasteiger partial charge in [0.2, 0.25) is 11.8 Å². The van der Waals surface area contributed by atoms with Crippen LogP contribution in [0.25, 0.3) is 0 Å². The zero-order chi connectivity index (χ0) is 28.0. The number of anilines is 1. The predicted molar refractivity (Wildman–Crippen MR) is 152 cm³/mol. The molecule has 3 aromatic rings. The highest BCUT2D eigenvalue weighted by Crippen LogP contribution is 2.30. The summed E-state index contributed by atoms with van der Waals surface area (Å²) in [6.45, 7) is 6.66. The number of carbonyl (C=O) groups is 2. The van der Waals surface area contributed by atoms with Crippen molar-refractivity contribution in [1.82, 2.24) is 10.2 Å². The molecule has 0 heterocycles. The molecule has 3 rings (SSSR count). The number of benzene rings is 3. The van der Waals surface area contributed by atoms with Crippen molar-refractivity contribution in [3.8, 4) is 0 Å². The molecule has 2 amide bonds. The van der Waals surface area contributed by atoms with Crippen molar-refractivity contribution in [2.75, 3.05) is 10.8 Å². The third-order valence-electron chi connectivity index (χ3n) is 5.82. The van der Waals surface area contributed by atoms with Crippen LogP contribution in [0.3, 0.4) is 0 Å². The monoisotopic (exact) mass is 575 g/mol. The van der Waals surface area contributed by atoms with Crippen LogP contribution in [0.4, 0.5) is 5.69 Å². The highest BCUT2D eigenvalue weighted by Gasteiger charge is 2.33. The molecule has 0 aliphatic carbocycles. The number of carbonyl (C=O) groups excluding carboxylic acids is 2. The van der Waals surface area contributed by atoms with Crippen molar-refractivity contribution in [2.45, 2.75) is 51.2 Å². The molecule has 7 nitrogen and oxygen atoms in total. The van der Waals surface area contributed by atoms with E-state index in [-0.39, 0.29) is 39.1 Å². The largest absolute Gasteiger partial charge is 0.352 e. The van der Waals surface area contributed by atoms with Gasteiger partial charge in [-0.2, -0.15) is 0 Å². The number of hydrogen-bond donors (Lipinski definition) is 1. The lowest BCUT2D eigenvalue weighted by Crippen LogP contribution is -2.52. The van der Waals surface area contributed by atoms with Crippen molar-refractivity contribution >= 4 is 50.7 Å². The van der Waals surface area contributed by atoms with E-state index in [0.29, 0.717) is 0 Å². The molecule has 0 unspecified atom stereocenters. The van der Waals surface area contributed by atoms with E-state index in [9.17, 15) is 18.0 Å². The number of sulfonamides is 1. The number of rotatable bonds is 10. The maximum absolute atomic E-state index is 13.8. The zero-order valence-electron chi connectivity index (χ0n) is 21.7. The summed E-state index contributed by atoms with van der Waals surface area (Å²) in [5, 5.41) is 3.26. The Morgan fingerprint density at radius 1 is 0.895 bits per heavy atom. The van der Waals surface area contributed by atoms with Crippen molar-refractivity contribution in [3.63, 3.8) is 0 Å². The van der Waals surface area contributed by atoms with E-state index < -0.39 is 28.5 Å². The second kappa shape index (κ2) is 12.7. The van der Waals surface area contributed by atoms with Crippen molar-refractivity contribution in [1.29, 1.82) is 0 Å².